The topological polar surface area (TPSA) is 54.5 Å². The lowest BCUT2D eigenvalue weighted by atomic mass is 10.0. The van der Waals surface area contributed by atoms with Crippen LogP contribution in [0.15, 0.2) is 53.4 Å². The molecule has 1 aliphatic heterocycles. The maximum atomic E-state index is 12.7. The van der Waals surface area contributed by atoms with Gasteiger partial charge in [-0.05, 0) is 49.9 Å². The molecule has 1 saturated heterocycles. The van der Waals surface area contributed by atoms with Crippen molar-refractivity contribution in [2.45, 2.75) is 43.5 Å². The first-order chi connectivity index (χ1) is 12.9. The number of aryl methyl sites for hydroxylation is 1. The lowest BCUT2D eigenvalue weighted by Gasteiger charge is -2.25. The summed E-state index contributed by atoms with van der Waals surface area (Å²) in [6.45, 7) is 2.59. The van der Waals surface area contributed by atoms with Crippen molar-refractivity contribution in [2.75, 3.05) is 12.3 Å². The highest BCUT2D eigenvalue weighted by Gasteiger charge is 2.30. The van der Waals surface area contributed by atoms with Crippen LogP contribution in [0, 0.1) is 6.92 Å². The van der Waals surface area contributed by atoms with Gasteiger partial charge in [-0.25, -0.2) is 8.42 Å². The summed E-state index contributed by atoms with van der Waals surface area (Å²) in [5.74, 6) is -0.259. The van der Waals surface area contributed by atoms with Gasteiger partial charge in [-0.1, -0.05) is 47.5 Å². The minimum Gasteiger partial charge on any atom is -0.339 e. The second-order valence-electron chi connectivity index (χ2n) is 7.06. The maximum Gasteiger partial charge on any atom is 0.223 e. The summed E-state index contributed by atoms with van der Waals surface area (Å²) >= 11 is 6.25. The van der Waals surface area contributed by atoms with Crippen molar-refractivity contribution in [3.8, 4) is 0 Å². The molecular formula is C21H24ClNO3S. The number of nitrogens with zero attached hydrogens (tertiary/aromatic N) is 1. The second-order valence-corrected chi connectivity index (χ2v) is 9.58. The summed E-state index contributed by atoms with van der Waals surface area (Å²) < 4.78 is 25.0. The average Bonchev–Trinajstić information content (AvgIpc) is 3.10. The van der Waals surface area contributed by atoms with E-state index < -0.39 is 9.84 Å². The van der Waals surface area contributed by atoms with Crippen LogP contribution < -0.4 is 0 Å². The number of carbonyl (C=O) groups excluding carboxylic acids is 1. The molecule has 144 valence electrons. The Balaban J connectivity index is 1.63. The Labute approximate surface area is 166 Å². The highest BCUT2D eigenvalue weighted by molar-refractivity contribution is 7.91. The molecule has 0 radical (unpaired) electrons. The molecule has 1 aliphatic rings. The molecule has 0 aliphatic carbocycles. The molecule has 1 heterocycles. The van der Waals surface area contributed by atoms with Crippen molar-refractivity contribution < 1.29 is 13.2 Å². The van der Waals surface area contributed by atoms with Gasteiger partial charge in [0, 0.05) is 24.0 Å². The zero-order valence-electron chi connectivity index (χ0n) is 15.4. The first kappa shape index (κ1) is 19.9. The Morgan fingerprint density at radius 1 is 1.15 bits per heavy atom. The molecule has 0 N–H and O–H groups in total. The van der Waals surface area contributed by atoms with E-state index in [0.29, 0.717) is 18.0 Å². The van der Waals surface area contributed by atoms with Gasteiger partial charge in [-0.3, -0.25) is 4.79 Å². The SMILES string of the molecule is Cc1ccc(S(=O)(=O)CCC(=O)N2CCCC2Cc2ccccc2Cl)cc1. The molecular weight excluding hydrogens is 382 g/mol. The number of carbonyl (C=O) groups is 1. The van der Waals surface area contributed by atoms with Gasteiger partial charge in [-0.15, -0.1) is 0 Å². The minimum absolute atomic E-state index is 0.00916. The third kappa shape index (κ3) is 4.90. The van der Waals surface area contributed by atoms with Crippen LogP contribution in [0.3, 0.4) is 0 Å². The second kappa shape index (κ2) is 8.44. The van der Waals surface area contributed by atoms with Crippen LogP contribution in [-0.4, -0.2) is 37.6 Å². The molecule has 0 spiro atoms. The molecule has 3 rings (SSSR count). The molecule has 6 heteroatoms. The minimum atomic E-state index is -3.45. The van der Waals surface area contributed by atoms with E-state index in [4.69, 9.17) is 11.6 Å². The molecule has 1 fully saturated rings. The Kier molecular flexibility index (Phi) is 6.22. The van der Waals surface area contributed by atoms with Crippen molar-refractivity contribution in [2.24, 2.45) is 0 Å². The van der Waals surface area contributed by atoms with E-state index in [0.717, 1.165) is 24.0 Å². The predicted molar refractivity (Wildman–Crippen MR) is 108 cm³/mol. The Morgan fingerprint density at radius 3 is 2.56 bits per heavy atom. The van der Waals surface area contributed by atoms with Crippen LogP contribution in [0.25, 0.3) is 0 Å². The molecule has 1 unspecified atom stereocenters. The molecule has 2 aromatic rings. The van der Waals surface area contributed by atoms with E-state index in [1.807, 2.05) is 36.1 Å². The number of halogens is 1. The number of sulfone groups is 1. The standard InChI is InChI=1S/C21H24ClNO3S/c1-16-8-10-19(11-9-16)27(25,26)14-12-21(24)23-13-4-6-18(23)15-17-5-2-3-7-20(17)22/h2-3,5,7-11,18H,4,6,12-15H2,1H3. The van der Waals surface area contributed by atoms with Crippen LogP contribution in [0.2, 0.25) is 5.02 Å². The quantitative estimate of drug-likeness (QED) is 0.728. The lowest BCUT2D eigenvalue weighted by Crippen LogP contribution is -2.37. The monoisotopic (exact) mass is 405 g/mol. The molecule has 1 atom stereocenters. The molecule has 1 amide bonds. The number of likely N-dealkylation sites (tertiary alicyclic amines) is 1. The largest absolute Gasteiger partial charge is 0.339 e. The van der Waals surface area contributed by atoms with Gasteiger partial charge in [0.05, 0.1) is 10.6 Å². The van der Waals surface area contributed by atoms with E-state index in [1.54, 1.807) is 24.3 Å². The van der Waals surface area contributed by atoms with Gasteiger partial charge in [-0.2, -0.15) is 0 Å². The van der Waals surface area contributed by atoms with Gasteiger partial charge in [0.1, 0.15) is 0 Å². The highest BCUT2D eigenvalue weighted by Crippen LogP contribution is 2.25. The van der Waals surface area contributed by atoms with E-state index in [1.165, 1.54) is 0 Å². The van der Waals surface area contributed by atoms with E-state index in [-0.39, 0.29) is 29.0 Å². The summed E-state index contributed by atoms with van der Waals surface area (Å²) in [7, 11) is -3.45. The molecule has 27 heavy (non-hydrogen) atoms. The number of amides is 1. The number of hydrogen-bond acceptors (Lipinski definition) is 3. The third-order valence-electron chi connectivity index (χ3n) is 5.08. The fraction of sp³-hybridized carbons (Fsp3) is 0.381. The smallest absolute Gasteiger partial charge is 0.223 e. The normalized spacial score (nSPS) is 17.3. The lowest BCUT2D eigenvalue weighted by molar-refractivity contribution is -0.131. The van der Waals surface area contributed by atoms with Crippen LogP contribution in [0.1, 0.15) is 30.4 Å². The molecule has 0 saturated carbocycles. The van der Waals surface area contributed by atoms with Crippen molar-refractivity contribution >= 4 is 27.3 Å². The van der Waals surface area contributed by atoms with Gasteiger partial charge in [0.2, 0.25) is 5.91 Å². The summed E-state index contributed by atoms with van der Waals surface area (Å²) in [5.41, 5.74) is 2.03. The number of rotatable bonds is 6. The van der Waals surface area contributed by atoms with Crippen molar-refractivity contribution in [3.63, 3.8) is 0 Å². The number of hydrogen-bond donors (Lipinski definition) is 0. The number of benzene rings is 2. The Bertz CT molecular complexity index is 909. The van der Waals surface area contributed by atoms with E-state index in [2.05, 4.69) is 0 Å². The summed E-state index contributed by atoms with van der Waals surface area (Å²) in [6, 6.07) is 14.5. The first-order valence-corrected chi connectivity index (χ1v) is 11.2. The maximum absolute atomic E-state index is 12.7. The molecule has 4 nitrogen and oxygen atoms in total. The van der Waals surface area contributed by atoms with Crippen LogP contribution >= 0.6 is 11.6 Å². The Hall–Kier alpha value is -1.85. The third-order valence-corrected chi connectivity index (χ3v) is 7.18. The van der Waals surface area contributed by atoms with Crippen molar-refractivity contribution in [1.29, 1.82) is 0 Å². The van der Waals surface area contributed by atoms with Gasteiger partial charge in [0.15, 0.2) is 9.84 Å². The van der Waals surface area contributed by atoms with Crippen molar-refractivity contribution in [1.82, 2.24) is 4.90 Å². The van der Waals surface area contributed by atoms with Crippen molar-refractivity contribution in [3.05, 3.63) is 64.7 Å². The summed E-state index contributed by atoms with van der Waals surface area (Å²) in [4.78, 5) is 14.8. The van der Waals surface area contributed by atoms with Gasteiger partial charge >= 0.3 is 0 Å². The zero-order chi connectivity index (χ0) is 19.4. The predicted octanol–water partition coefficient (Wildman–Crippen LogP) is 4.05. The summed E-state index contributed by atoms with van der Waals surface area (Å²) in [5, 5.41) is 0.707. The Morgan fingerprint density at radius 2 is 1.85 bits per heavy atom. The zero-order valence-corrected chi connectivity index (χ0v) is 17.0. The van der Waals surface area contributed by atoms with E-state index >= 15 is 0 Å². The van der Waals surface area contributed by atoms with Gasteiger partial charge < -0.3 is 4.90 Å². The average molecular weight is 406 g/mol. The van der Waals surface area contributed by atoms with Crippen LogP contribution in [-0.2, 0) is 21.1 Å². The highest BCUT2D eigenvalue weighted by atomic mass is 35.5. The van der Waals surface area contributed by atoms with Gasteiger partial charge in [0.25, 0.3) is 0 Å². The summed E-state index contributed by atoms with van der Waals surface area (Å²) in [6.07, 6.45) is 2.57. The molecule has 0 aromatic heterocycles. The fourth-order valence-electron chi connectivity index (χ4n) is 3.52. The van der Waals surface area contributed by atoms with E-state index in [9.17, 15) is 13.2 Å². The fourth-order valence-corrected chi connectivity index (χ4v) is 4.97. The van der Waals surface area contributed by atoms with Crippen LogP contribution in [0.5, 0.6) is 0 Å². The first-order valence-electron chi connectivity index (χ1n) is 9.19. The molecule has 0 bridgehead atoms. The van der Waals surface area contributed by atoms with Crippen LogP contribution in [0.4, 0.5) is 0 Å². The molecule has 2 aromatic carbocycles.